The molecule has 0 spiro atoms. The Hall–Kier alpha value is -0.450. The van der Waals surface area contributed by atoms with Crippen molar-refractivity contribution in [2.24, 2.45) is 0 Å². The standard InChI is InChI=1S/C11H17ClF3NO/c12-7-5-9-3-1-2-8-16(9)10(17)4-6-11(13,14)15/h9H,1-8H2. The number of likely N-dealkylation sites (tertiary alicyclic amines) is 1. The fourth-order valence-electron chi connectivity index (χ4n) is 2.15. The lowest BCUT2D eigenvalue weighted by atomic mass is 9.99. The summed E-state index contributed by atoms with van der Waals surface area (Å²) in [6, 6.07) is 0.0296. The average Bonchev–Trinajstić information content (AvgIpc) is 2.26. The molecule has 6 heteroatoms. The highest BCUT2D eigenvalue weighted by molar-refractivity contribution is 6.17. The van der Waals surface area contributed by atoms with Crippen molar-refractivity contribution in [3.63, 3.8) is 0 Å². The van der Waals surface area contributed by atoms with Crippen molar-refractivity contribution < 1.29 is 18.0 Å². The molecule has 1 heterocycles. The monoisotopic (exact) mass is 271 g/mol. The van der Waals surface area contributed by atoms with E-state index in [0.717, 1.165) is 19.3 Å². The Kier molecular flexibility index (Phi) is 5.56. The molecule has 0 aromatic heterocycles. The Morgan fingerprint density at radius 3 is 2.65 bits per heavy atom. The molecular weight excluding hydrogens is 255 g/mol. The maximum atomic E-state index is 12.0. The number of hydrogen-bond donors (Lipinski definition) is 0. The van der Waals surface area contributed by atoms with E-state index in [2.05, 4.69) is 0 Å². The van der Waals surface area contributed by atoms with Gasteiger partial charge in [0.1, 0.15) is 0 Å². The molecule has 0 aliphatic carbocycles. The highest BCUT2D eigenvalue weighted by Crippen LogP contribution is 2.25. The van der Waals surface area contributed by atoms with Crippen molar-refractivity contribution in [1.29, 1.82) is 0 Å². The molecule has 0 aromatic rings. The summed E-state index contributed by atoms with van der Waals surface area (Å²) >= 11 is 5.64. The predicted molar refractivity (Wildman–Crippen MR) is 60.0 cm³/mol. The van der Waals surface area contributed by atoms with Crippen molar-refractivity contribution in [1.82, 2.24) is 4.90 Å². The van der Waals surface area contributed by atoms with Gasteiger partial charge in [-0.15, -0.1) is 11.6 Å². The largest absolute Gasteiger partial charge is 0.389 e. The molecule has 1 atom stereocenters. The zero-order valence-electron chi connectivity index (χ0n) is 9.60. The fourth-order valence-corrected chi connectivity index (χ4v) is 2.40. The van der Waals surface area contributed by atoms with E-state index in [-0.39, 0.29) is 6.04 Å². The lowest BCUT2D eigenvalue weighted by Gasteiger charge is -2.35. The van der Waals surface area contributed by atoms with Gasteiger partial charge in [-0.2, -0.15) is 13.2 Å². The van der Waals surface area contributed by atoms with E-state index in [9.17, 15) is 18.0 Å². The smallest absolute Gasteiger partial charge is 0.340 e. The molecule has 0 saturated carbocycles. The minimum absolute atomic E-state index is 0.0296. The molecule has 1 amide bonds. The van der Waals surface area contributed by atoms with Crippen LogP contribution in [-0.2, 0) is 4.79 Å². The van der Waals surface area contributed by atoms with Gasteiger partial charge in [0.25, 0.3) is 0 Å². The Bertz CT molecular complexity index is 256. The van der Waals surface area contributed by atoms with Crippen LogP contribution in [0.15, 0.2) is 0 Å². The lowest BCUT2D eigenvalue weighted by molar-refractivity contribution is -0.151. The number of halogens is 4. The molecule has 0 N–H and O–H groups in total. The van der Waals surface area contributed by atoms with Gasteiger partial charge in [0, 0.05) is 24.9 Å². The SMILES string of the molecule is O=C(CCC(F)(F)F)N1CCCCC1CCCl. The van der Waals surface area contributed by atoms with Crippen molar-refractivity contribution in [3.8, 4) is 0 Å². The normalized spacial score (nSPS) is 21.6. The van der Waals surface area contributed by atoms with E-state index in [1.165, 1.54) is 0 Å². The predicted octanol–water partition coefficient (Wildman–Crippen LogP) is 3.34. The second-order valence-electron chi connectivity index (χ2n) is 4.33. The van der Waals surface area contributed by atoms with Crippen LogP contribution in [0.4, 0.5) is 13.2 Å². The summed E-state index contributed by atoms with van der Waals surface area (Å²) in [6.07, 6.45) is -2.32. The summed E-state index contributed by atoms with van der Waals surface area (Å²) in [5.41, 5.74) is 0. The second kappa shape index (κ2) is 6.47. The summed E-state index contributed by atoms with van der Waals surface area (Å²) in [6.45, 7) is 0.568. The number of carbonyl (C=O) groups is 1. The Labute approximate surface area is 104 Å². The number of rotatable bonds is 4. The third-order valence-corrected chi connectivity index (χ3v) is 3.23. The first kappa shape index (κ1) is 14.6. The topological polar surface area (TPSA) is 20.3 Å². The molecule has 0 aromatic carbocycles. The third-order valence-electron chi connectivity index (χ3n) is 3.01. The maximum absolute atomic E-state index is 12.0. The van der Waals surface area contributed by atoms with E-state index in [1.807, 2.05) is 0 Å². The number of carbonyl (C=O) groups excluding carboxylic acids is 1. The fraction of sp³-hybridized carbons (Fsp3) is 0.909. The zero-order valence-corrected chi connectivity index (χ0v) is 10.4. The Morgan fingerprint density at radius 2 is 2.06 bits per heavy atom. The number of nitrogens with zero attached hydrogens (tertiary/aromatic N) is 1. The molecule has 1 fully saturated rings. The third kappa shape index (κ3) is 5.15. The van der Waals surface area contributed by atoms with Gasteiger partial charge in [-0.1, -0.05) is 0 Å². The van der Waals surface area contributed by atoms with Crippen molar-refractivity contribution in [2.75, 3.05) is 12.4 Å². The first-order valence-corrected chi connectivity index (χ1v) is 6.39. The molecule has 100 valence electrons. The van der Waals surface area contributed by atoms with Crippen LogP contribution < -0.4 is 0 Å². The zero-order chi connectivity index (χ0) is 12.9. The summed E-state index contributed by atoms with van der Waals surface area (Å²) in [7, 11) is 0. The molecule has 0 radical (unpaired) electrons. The Morgan fingerprint density at radius 1 is 1.35 bits per heavy atom. The van der Waals surface area contributed by atoms with Crippen LogP contribution in [0.2, 0.25) is 0 Å². The van der Waals surface area contributed by atoms with E-state index >= 15 is 0 Å². The number of alkyl halides is 4. The quantitative estimate of drug-likeness (QED) is 0.718. The van der Waals surface area contributed by atoms with Crippen LogP contribution in [0.1, 0.15) is 38.5 Å². The first-order chi connectivity index (χ1) is 7.94. The van der Waals surface area contributed by atoms with Crippen LogP contribution >= 0.6 is 11.6 Å². The molecular formula is C11H17ClF3NO. The number of hydrogen-bond acceptors (Lipinski definition) is 1. The van der Waals surface area contributed by atoms with Gasteiger partial charge in [0.2, 0.25) is 5.91 Å². The van der Waals surface area contributed by atoms with Gasteiger partial charge >= 0.3 is 6.18 Å². The van der Waals surface area contributed by atoms with Crippen molar-refractivity contribution in [2.45, 2.75) is 50.7 Å². The van der Waals surface area contributed by atoms with Crippen LogP contribution in [-0.4, -0.2) is 35.4 Å². The first-order valence-electron chi connectivity index (χ1n) is 5.86. The molecule has 1 saturated heterocycles. The lowest BCUT2D eigenvalue weighted by Crippen LogP contribution is -2.44. The average molecular weight is 272 g/mol. The summed E-state index contributed by atoms with van der Waals surface area (Å²) < 4.78 is 36.1. The molecule has 2 nitrogen and oxygen atoms in total. The van der Waals surface area contributed by atoms with Gasteiger partial charge in [-0.25, -0.2) is 0 Å². The van der Waals surface area contributed by atoms with E-state index in [1.54, 1.807) is 4.90 Å². The van der Waals surface area contributed by atoms with Gasteiger partial charge in [0.05, 0.1) is 6.42 Å². The summed E-state index contributed by atoms with van der Waals surface area (Å²) in [5.74, 6) is 0.0467. The summed E-state index contributed by atoms with van der Waals surface area (Å²) in [4.78, 5) is 13.3. The molecule has 0 bridgehead atoms. The minimum Gasteiger partial charge on any atom is -0.340 e. The second-order valence-corrected chi connectivity index (χ2v) is 4.71. The maximum Gasteiger partial charge on any atom is 0.389 e. The van der Waals surface area contributed by atoms with E-state index in [0.29, 0.717) is 18.8 Å². The van der Waals surface area contributed by atoms with Crippen LogP contribution in [0, 0.1) is 0 Å². The van der Waals surface area contributed by atoms with Crippen LogP contribution in [0.3, 0.4) is 0 Å². The minimum atomic E-state index is -4.26. The highest BCUT2D eigenvalue weighted by Gasteiger charge is 2.31. The van der Waals surface area contributed by atoms with Gasteiger partial charge < -0.3 is 4.90 Å². The molecule has 1 aliphatic heterocycles. The number of piperidine rings is 1. The van der Waals surface area contributed by atoms with E-state index in [4.69, 9.17) is 11.6 Å². The highest BCUT2D eigenvalue weighted by atomic mass is 35.5. The number of amides is 1. The molecule has 1 aliphatic rings. The van der Waals surface area contributed by atoms with Crippen molar-refractivity contribution >= 4 is 17.5 Å². The van der Waals surface area contributed by atoms with Gasteiger partial charge in [0.15, 0.2) is 0 Å². The van der Waals surface area contributed by atoms with Crippen LogP contribution in [0.5, 0.6) is 0 Å². The van der Waals surface area contributed by atoms with Gasteiger partial charge in [-0.05, 0) is 25.7 Å². The van der Waals surface area contributed by atoms with E-state index < -0.39 is 24.9 Å². The van der Waals surface area contributed by atoms with Crippen molar-refractivity contribution in [3.05, 3.63) is 0 Å². The Balaban J connectivity index is 2.47. The van der Waals surface area contributed by atoms with Crippen LogP contribution in [0.25, 0.3) is 0 Å². The molecule has 1 unspecified atom stereocenters. The molecule has 1 rings (SSSR count). The molecule has 17 heavy (non-hydrogen) atoms. The summed E-state index contributed by atoms with van der Waals surface area (Å²) in [5, 5.41) is 0. The van der Waals surface area contributed by atoms with Gasteiger partial charge in [-0.3, -0.25) is 4.79 Å².